The lowest BCUT2D eigenvalue weighted by atomic mass is 10.3. The quantitative estimate of drug-likeness (QED) is 0.681. The first-order chi connectivity index (χ1) is 7.86. The molecule has 1 aromatic carbocycles. The van der Waals surface area contributed by atoms with Crippen molar-refractivity contribution in [3.8, 4) is 5.75 Å². The maximum atomic E-state index is 5.62. The molecule has 2 N–H and O–H groups in total. The van der Waals surface area contributed by atoms with Gasteiger partial charge in [0.05, 0.1) is 6.61 Å². The Morgan fingerprint density at radius 3 is 2.56 bits per heavy atom. The number of rotatable bonds is 8. The molecule has 0 aliphatic carbocycles. The summed E-state index contributed by atoms with van der Waals surface area (Å²) in [5.41, 5.74) is 5.53. The van der Waals surface area contributed by atoms with Crippen LogP contribution in [0, 0.1) is 0 Å². The van der Waals surface area contributed by atoms with Crippen LogP contribution < -0.4 is 10.5 Å². The Balaban J connectivity index is 2.11. The minimum Gasteiger partial charge on any atom is -0.494 e. The van der Waals surface area contributed by atoms with E-state index in [4.69, 9.17) is 10.5 Å². The molecule has 0 unspecified atom stereocenters. The van der Waals surface area contributed by atoms with E-state index in [1.165, 1.54) is 0 Å². The molecule has 0 saturated carbocycles. The molecule has 0 saturated heterocycles. The highest BCUT2D eigenvalue weighted by Gasteiger charge is 2.00. The highest BCUT2D eigenvalue weighted by Crippen LogP contribution is 2.08. The summed E-state index contributed by atoms with van der Waals surface area (Å²) in [7, 11) is 0. The van der Waals surface area contributed by atoms with Gasteiger partial charge in [0, 0.05) is 19.6 Å². The molecule has 1 aromatic rings. The molecule has 90 valence electrons. The second kappa shape index (κ2) is 8.13. The van der Waals surface area contributed by atoms with Crippen LogP contribution in [0.4, 0.5) is 0 Å². The molecule has 0 aliphatic heterocycles. The average molecular weight is 222 g/mol. The van der Waals surface area contributed by atoms with Crippen LogP contribution in [0.5, 0.6) is 5.75 Å². The number of nitrogens with two attached hydrogens (primary N) is 1. The Morgan fingerprint density at radius 2 is 1.94 bits per heavy atom. The van der Waals surface area contributed by atoms with E-state index < -0.39 is 0 Å². The van der Waals surface area contributed by atoms with Crippen LogP contribution >= 0.6 is 0 Å². The van der Waals surface area contributed by atoms with Gasteiger partial charge in [-0.3, -0.25) is 0 Å². The van der Waals surface area contributed by atoms with Gasteiger partial charge in [-0.2, -0.15) is 0 Å². The minimum atomic E-state index is 0.730. The highest BCUT2D eigenvalue weighted by atomic mass is 16.5. The fourth-order valence-corrected chi connectivity index (χ4v) is 1.61. The smallest absolute Gasteiger partial charge is 0.119 e. The maximum absolute atomic E-state index is 5.62. The van der Waals surface area contributed by atoms with Gasteiger partial charge in [-0.15, -0.1) is 0 Å². The molecule has 16 heavy (non-hydrogen) atoms. The predicted octanol–water partition coefficient (Wildman–Crippen LogP) is 1.74. The maximum Gasteiger partial charge on any atom is 0.119 e. The summed E-state index contributed by atoms with van der Waals surface area (Å²) in [6.45, 7) is 6.75. The normalized spacial score (nSPS) is 10.7. The lowest BCUT2D eigenvalue weighted by Gasteiger charge is -2.19. The van der Waals surface area contributed by atoms with Gasteiger partial charge in [-0.05, 0) is 25.1 Å². The monoisotopic (exact) mass is 222 g/mol. The molecule has 0 bridgehead atoms. The molecule has 0 fully saturated rings. The zero-order chi connectivity index (χ0) is 11.6. The third kappa shape index (κ3) is 5.14. The van der Waals surface area contributed by atoms with E-state index >= 15 is 0 Å². The van der Waals surface area contributed by atoms with E-state index in [2.05, 4.69) is 11.8 Å². The van der Waals surface area contributed by atoms with E-state index in [0.29, 0.717) is 0 Å². The van der Waals surface area contributed by atoms with Crippen molar-refractivity contribution in [2.24, 2.45) is 5.73 Å². The fraction of sp³-hybridized carbons (Fsp3) is 0.538. The molecule has 0 atom stereocenters. The third-order valence-electron chi connectivity index (χ3n) is 2.52. The lowest BCUT2D eigenvalue weighted by Crippen LogP contribution is -2.30. The van der Waals surface area contributed by atoms with E-state index in [1.54, 1.807) is 0 Å². The molecule has 0 aliphatic rings. The third-order valence-corrected chi connectivity index (χ3v) is 2.52. The number of likely N-dealkylation sites (N-methyl/N-ethyl adjacent to an activating group) is 1. The standard InChI is InChI=1S/C13H22N2O/c1-2-15(11-9-14)10-6-12-16-13-7-4-3-5-8-13/h3-5,7-8H,2,6,9-12,14H2,1H3. The van der Waals surface area contributed by atoms with E-state index in [9.17, 15) is 0 Å². The molecule has 3 nitrogen and oxygen atoms in total. The van der Waals surface area contributed by atoms with Crippen molar-refractivity contribution in [1.82, 2.24) is 4.90 Å². The van der Waals surface area contributed by atoms with Crippen LogP contribution in [0.1, 0.15) is 13.3 Å². The van der Waals surface area contributed by atoms with Crippen molar-refractivity contribution >= 4 is 0 Å². The highest BCUT2D eigenvalue weighted by molar-refractivity contribution is 5.20. The Labute approximate surface area is 98.2 Å². The average Bonchev–Trinajstić information content (AvgIpc) is 2.34. The van der Waals surface area contributed by atoms with Crippen molar-refractivity contribution in [2.75, 3.05) is 32.8 Å². The summed E-state index contributed by atoms with van der Waals surface area (Å²) < 4.78 is 5.62. The van der Waals surface area contributed by atoms with Crippen molar-refractivity contribution in [1.29, 1.82) is 0 Å². The van der Waals surface area contributed by atoms with Gasteiger partial charge in [0.15, 0.2) is 0 Å². The Hall–Kier alpha value is -1.06. The number of para-hydroxylation sites is 1. The second-order valence-electron chi connectivity index (χ2n) is 3.74. The lowest BCUT2D eigenvalue weighted by molar-refractivity contribution is 0.245. The summed E-state index contributed by atoms with van der Waals surface area (Å²) in [5, 5.41) is 0. The topological polar surface area (TPSA) is 38.5 Å². The van der Waals surface area contributed by atoms with Gasteiger partial charge in [0.1, 0.15) is 5.75 Å². The molecular weight excluding hydrogens is 200 g/mol. The van der Waals surface area contributed by atoms with Crippen LogP contribution in [0.15, 0.2) is 30.3 Å². The molecule has 0 spiro atoms. The van der Waals surface area contributed by atoms with Gasteiger partial charge < -0.3 is 15.4 Å². The molecule has 3 heteroatoms. The van der Waals surface area contributed by atoms with Crippen LogP contribution in [0.25, 0.3) is 0 Å². The molecule has 1 rings (SSSR count). The number of nitrogens with zero attached hydrogens (tertiary/aromatic N) is 1. The second-order valence-corrected chi connectivity index (χ2v) is 3.74. The largest absolute Gasteiger partial charge is 0.494 e. The van der Waals surface area contributed by atoms with Crippen molar-refractivity contribution in [2.45, 2.75) is 13.3 Å². The SMILES string of the molecule is CCN(CCN)CCCOc1ccccc1. The van der Waals surface area contributed by atoms with Gasteiger partial charge in [0.2, 0.25) is 0 Å². The zero-order valence-electron chi connectivity index (χ0n) is 10.1. The number of hydrogen-bond donors (Lipinski definition) is 1. The first-order valence-corrected chi connectivity index (χ1v) is 5.97. The van der Waals surface area contributed by atoms with Gasteiger partial charge in [0.25, 0.3) is 0 Å². The predicted molar refractivity (Wildman–Crippen MR) is 67.7 cm³/mol. The molecular formula is C13H22N2O. The Morgan fingerprint density at radius 1 is 1.19 bits per heavy atom. The van der Waals surface area contributed by atoms with Crippen LogP contribution in [-0.2, 0) is 0 Å². The van der Waals surface area contributed by atoms with Crippen molar-refractivity contribution < 1.29 is 4.74 Å². The number of ether oxygens (including phenoxy) is 1. The van der Waals surface area contributed by atoms with Crippen molar-refractivity contribution in [3.63, 3.8) is 0 Å². The van der Waals surface area contributed by atoms with Crippen LogP contribution in [0.3, 0.4) is 0 Å². The van der Waals surface area contributed by atoms with Crippen LogP contribution in [0.2, 0.25) is 0 Å². The molecule has 0 aromatic heterocycles. The minimum absolute atomic E-state index is 0.730. The van der Waals surface area contributed by atoms with Gasteiger partial charge in [-0.25, -0.2) is 0 Å². The van der Waals surface area contributed by atoms with E-state index in [-0.39, 0.29) is 0 Å². The Bertz CT molecular complexity index is 264. The first kappa shape index (κ1) is 13.0. The Kier molecular flexibility index (Phi) is 6.61. The molecule has 0 heterocycles. The van der Waals surface area contributed by atoms with Gasteiger partial charge >= 0.3 is 0 Å². The first-order valence-electron chi connectivity index (χ1n) is 5.97. The number of benzene rings is 1. The fourth-order valence-electron chi connectivity index (χ4n) is 1.61. The summed E-state index contributed by atoms with van der Waals surface area (Å²) in [6, 6.07) is 9.94. The van der Waals surface area contributed by atoms with Gasteiger partial charge in [-0.1, -0.05) is 25.1 Å². The van der Waals surface area contributed by atoms with E-state index in [1.807, 2.05) is 30.3 Å². The summed E-state index contributed by atoms with van der Waals surface area (Å²) >= 11 is 0. The summed E-state index contributed by atoms with van der Waals surface area (Å²) in [6.07, 6.45) is 1.04. The van der Waals surface area contributed by atoms with E-state index in [0.717, 1.165) is 45.0 Å². The summed E-state index contributed by atoms with van der Waals surface area (Å²) in [4.78, 5) is 2.34. The van der Waals surface area contributed by atoms with Crippen molar-refractivity contribution in [3.05, 3.63) is 30.3 Å². The molecule has 0 amide bonds. The van der Waals surface area contributed by atoms with Crippen LogP contribution in [-0.4, -0.2) is 37.7 Å². The number of hydrogen-bond acceptors (Lipinski definition) is 3. The zero-order valence-corrected chi connectivity index (χ0v) is 10.1. The summed E-state index contributed by atoms with van der Waals surface area (Å²) in [5.74, 6) is 0.948. The molecule has 0 radical (unpaired) electrons.